The van der Waals surface area contributed by atoms with Crippen LogP contribution in [-0.4, -0.2) is 46.1 Å². The standard InChI is InChI=1S/C37H67NO4/c1-3-5-7-9-11-13-15-17-18-20-21-23-25-27-29-31-35(40)37(42)34(33-39)38-36(41)32-30-28-26-24-22-19-16-14-12-10-8-6-4-2/h17-19,22-23,25-26,28,34-35,37,39-40,42H,3-16,20-21,24,27,29-33H2,1-2H3,(H,38,41)/b18-17+,22-19-,25-23+,28-26-. The maximum absolute atomic E-state index is 12.3. The van der Waals surface area contributed by atoms with Crippen molar-refractivity contribution in [3.05, 3.63) is 48.6 Å². The number of hydrogen-bond acceptors (Lipinski definition) is 4. The number of aliphatic hydroxyl groups excluding tert-OH is 3. The lowest BCUT2D eigenvalue weighted by atomic mass is 10.0. The lowest BCUT2D eigenvalue weighted by Crippen LogP contribution is -2.50. The molecule has 0 aromatic rings. The van der Waals surface area contributed by atoms with E-state index in [1.165, 1.54) is 83.5 Å². The Bertz CT molecular complexity index is 700. The van der Waals surface area contributed by atoms with Crippen LogP contribution in [0.5, 0.6) is 0 Å². The molecular formula is C37H67NO4. The van der Waals surface area contributed by atoms with Crippen molar-refractivity contribution >= 4 is 5.91 Å². The number of hydrogen-bond donors (Lipinski definition) is 4. The van der Waals surface area contributed by atoms with E-state index in [0.29, 0.717) is 12.8 Å². The molecule has 0 aliphatic rings. The van der Waals surface area contributed by atoms with Crippen LogP contribution in [-0.2, 0) is 4.79 Å². The van der Waals surface area contributed by atoms with Gasteiger partial charge in [0.1, 0.15) is 6.10 Å². The first kappa shape index (κ1) is 40.3. The number of nitrogens with one attached hydrogen (secondary N) is 1. The van der Waals surface area contributed by atoms with Gasteiger partial charge in [-0.3, -0.25) is 4.79 Å². The molecule has 42 heavy (non-hydrogen) atoms. The zero-order chi connectivity index (χ0) is 30.9. The molecule has 0 bridgehead atoms. The fourth-order valence-corrected chi connectivity index (χ4v) is 4.87. The van der Waals surface area contributed by atoms with Gasteiger partial charge in [-0.05, 0) is 70.6 Å². The first-order valence-electron chi connectivity index (χ1n) is 17.4. The molecule has 0 aromatic carbocycles. The molecule has 0 saturated carbocycles. The fraction of sp³-hybridized carbons (Fsp3) is 0.757. The molecule has 3 atom stereocenters. The molecule has 0 aromatic heterocycles. The molecule has 1 amide bonds. The maximum atomic E-state index is 12.3. The molecule has 0 fully saturated rings. The van der Waals surface area contributed by atoms with Crippen LogP contribution in [0.25, 0.3) is 0 Å². The molecule has 0 heterocycles. The SMILES string of the molecule is CCCCCCCC/C=C\C/C=C\CCC(=O)NC(CO)C(O)C(O)CCC/C=C/CC/C=C/CCCCCCCC. The highest BCUT2D eigenvalue weighted by molar-refractivity contribution is 5.76. The van der Waals surface area contributed by atoms with E-state index < -0.39 is 24.9 Å². The summed E-state index contributed by atoms with van der Waals surface area (Å²) in [5, 5.41) is 33.2. The average molecular weight is 590 g/mol. The molecular weight excluding hydrogens is 522 g/mol. The first-order chi connectivity index (χ1) is 20.6. The Kier molecular flexibility index (Phi) is 30.9. The molecule has 0 aliphatic heterocycles. The number of rotatable bonds is 30. The van der Waals surface area contributed by atoms with Crippen LogP contribution in [0.15, 0.2) is 48.6 Å². The minimum atomic E-state index is -1.19. The van der Waals surface area contributed by atoms with Crippen molar-refractivity contribution in [1.29, 1.82) is 0 Å². The number of unbranched alkanes of at least 4 members (excludes halogenated alkanes) is 14. The second-order valence-electron chi connectivity index (χ2n) is 11.7. The molecule has 5 heteroatoms. The highest BCUT2D eigenvalue weighted by Crippen LogP contribution is 2.11. The van der Waals surface area contributed by atoms with Crippen molar-refractivity contribution in [3.8, 4) is 0 Å². The van der Waals surface area contributed by atoms with E-state index in [-0.39, 0.29) is 12.3 Å². The Hall–Kier alpha value is -1.69. The summed E-state index contributed by atoms with van der Waals surface area (Å²) in [5.41, 5.74) is 0. The molecule has 0 radical (unpaired) electrons. The summed E-state index contributed by atoms with van der Waals surface area (Å²) in [4.78, 5) is 12.3. The van der Waals surface area contributed by atoms with Gasteiger partial charge in [-0.1, -0.05) is 127 Å². The molecule has 0 saturated heterocycles. The van der Waals surface area contributed by atoms with E-state index in [1.807, 2.05) is 6.08 Å². The van der Waals surface area contributed by atoms with Gasteiger partial charge in [0.15, 0.2) is 0 Å². The third-order valence-electron chi connectivity index (χ3n) is 7.65. The van der Waals surface area contributed by atoms with Gasteiger partial charge >= 0.3 is 0 Å². The van der Waals surface area contributed by atoms with Crippen molar-refractivity contribution in [3.63, 3.8) is 0 Å². The van der Waals surface area contributed by atoms with E-state index in [0.717, 1.165) is 38.5 Å². The predicted molar refractivity (Wildman–Crippen MR) is 181 cm³/mol. The van der Waals surface area contributed by atoms with Crippen molar-refractivity contribution in [2.45, 2.75) is 173 Å². The summed E-state index contributed by atoms with van der Waals surface area (Å²) in [6, 6.07) is -0.861. The molecule has 0 spiro atoms. The Labute approximate surface area is 259 Å². The minimum Gasteiger partial charge on any atom is -0.394 e. The summed E-state index contributed by atoms with van der Waals surface area (Å²) in [5.74, 6) is -0.229. The smallest absolute Gasteiger partial charge is 0.220 e. The third kappa shape index (κ3) is 27.2. The lowest BCUT2D eigenvalue weighted by molar-refractivity contribution is -0.124. The first-order valence-corrected chi connectivity index (χ1v) is 17.4. The highest BCUT2D eigenvalue weighted by Gasteiger charge is 2.26. The summed E-state index contributed by atoms with van der Waals surface area (Å²) < 4.78 is 0. The second kappa shape index (κ2) is 32.2. The summed E-state index contributed by atoms with van der Waals surface area (Å²) in [7, 11) is 0. The van der Waals surface area contributed by atoms with Crippen LogP contribution in [0.2, 0.25) is 0 Å². The summed E-state index contributed by atoms with van der Waals surface area (Å²) in [6.07, 6.45) is 39.2. The van der Waals surface area contributed by atoms with Crippen LogP contribution in [0, 0.1) is 0 Å². The van der Waals surface area contributed by atoms with Gasteiger partial charge in [0, 0.05) is 6.42 Å². The van der Waals surface area contributed by atoms with Gasteiger partial charge in [0.25, 0.3) is 0 Å². The Morgan fingerprint density at radius 1 is 0.595 bits per heavy atom. The van der Waals surface area contributed by atoms with Crippen LogP contribution >= 0.6 is 0 Å². The third-order valence-corrected chi connectivity index (χ3v) is 7.65. The van der Waals surface area contributed by atoms with E-state index >= 15 is 0 Å². The van der Waals surface area contributed by atoms with Gasteiger partial charge in [0.2, 0.25) is 5.91 Å². The van der Waals surface area contributed by atoms with Crippen molar-refractivity contribution in [2.24, 2.45) is 0 Å². The number of carbonyl (C=O) groups excluding carboxylic acids is 1. The van der Waals surface area contributed by atoms with Gasteiger partial charge < -0.3 is 20.6 Å². The van der Waals surface area contributed by atoms with E-state index in [9.17, 15) is 20.1 Å². The Balaban J connectivity index is 3.90. The second-order valence-corrected chi connectivity index (χ2v) is 11.7. The maximum Gasteiger partial charge on any atom is 0.220 e. The largest absolute Gasteiger partial charge is 0.394 e. The van der Waals surface area contributed by atoms with Gasteiger partial charge in [0.05, 0.1) is 18.8 Å². The molecule has 3 unspecified atom stereocenters. The van der Waals surface area contributed by atoms with Gasteiger partial charge in [-0.25, -0.2) is 0 Å². The molecule has 244 valence electrons. The monoisotopic (exact) mass is 590 g/mol. The van der Waals surface area contributed by atoms with Crippen LogP contribution < -0.4 is 5.32 Å². The Morgan fingerprint density at radius 3 is 1.60 bits per heavy atom. The normalized spacial score (nSPS) is 14.5. The number of aliphatic hydroxyl groups is 3. The Morgan fingerprint density at radius 2 is 1.05 bits per heavy atom. The quantitative estimate of drug-likeness (QED) is 0.0497. The van der Waals surface area contributed by atoms with Crippen LogP contribution in [0.4, 0.5) is 0 Å². The summed E-state index contributed by atoms with van der Waals surface area (Å²) in [6.45, 7) is 4.08. The topological polar surface area (TPSA) is 89.8 Å². The lowest BCUT2D eigenvalue weighted by Gasteiger charge is -2.26. The zero-order valence-corrected chi connectivity index (χ0v) is 27.4. The van der Waals surface area contributed by atoms with E-state index in [1.54, 1.807) is 0 Å². The molecule has 4 N–H and O–H groups in total. The van der Waals surface area contributed by atoms with Crippen LogP contribution in [0.3, 0.4) is 0 Å². The predicted octanol–water partition coefficient (Wildman–Crippen LogP) is 9.03. The fourth-order valence-electron chi connectivity index (χ4n) is 4.87. The average Bonchev–Trinajstić information content (AvgIpc) is 2.99. The highest BCUT2D eigenvalue weighted by atomic mass is 16.3. The molecule has 5 nitrogen and oxygen atoms in total. The zero-order valence-electron chi connectivity index (χ0n) is 27.4. The van der Waals surface area contributed by atoms with Gasteiger partial charge in [-0.15, -0.1) is 0 Å². The summed E-state index contributed by atoms with van der Waals surface area (Å²) >= 11 is 0. The van der Waals surface area contributed by atoms with Crippen molar-refractivity contribution in [1.82, 2.24) is 5.32 Å². The van der Waals surface area contributed by atoms with Crippen molar-refractivity contribution < 1.29 is 20.1 Å². The van der Waals surface area contributed by atoms with Gasteiger partial charge in [-0.2, -0.15) is 0 Å². The number of allylic oxidation sites excluding steroid dienone is 8. The molecule has 0 aliphatic carbocycles. The number of amides is 1. The minimum absolute atomic E-state index is 0.229. The van der Waals surface area contributed by atoms with E-state index in [4.69, 9.17) is 0 Å². The van der Waals surface area contributed by atoms with E-state index in [2.05, 4.69) is 61.7 Å². The molecule has 0 rings (SSSR count). The van der Waals surface area contributed by atoms with Crippen molar-refractivity contribution in [2.75, 3.05) is 6.61 Å². The van der Waals surface area contributed by atoms with Crippen LogP contribution in [0.1, 0.15) is 155 Å². The number of carbonyl (C=O) groups is 1.